The molecule has 4 heteroatoms. The van der Waals surface area contributed by atoms with Crippen molar-refractivity contribution >= 4 is 11.6 Å². The van der Waals surface area contributed by atoms with Gasteiger partial charge in [0.2, 0.25) is 0 Å². The summed E-state index contributed by atoms with van der Waals surface area (Å²) < 4.78 is 0. The van der Waals surface area contributed by atoms with Gasteiger partial charge in [0, 0.05) is 25.0 Å². The Labute approximate surface area is 132 Å². The molecule has 0 aromatic heterocycles. The van der Waals surface area contributed by atoms with E-state index >= 15 is 0 Å². The number of hydrogen-bond donors (Lipinski definition) is 1. The van der Waals surface area contributed by atoms with Gasteiger partial charge >= 0.3 is 0 Å². The van der Waals surface area contributed by atoms with Gasteiger partial charge < -0.3 is 10.2 Å². The summed E-state index contributed by atoms with van der Waals surface area (Å²) in [5, 5.41) is 12.1. The summed E-state index contributed by atoms with van der Waals surface area (Å²) in [5.41, 5.74) is 3.08. The van der Waals surface area contributed by atoms with Gasteiger partial charge in [-0.05, 0) is 38.3 Å². The molecule has 1 saturated heterocycles. The highest BCUT2D eigenvalue weighted by Crippen LogP contribution is 2.17. The number of rotatable bonds is 3. The van der Waals surface area contributed by atoms with E-state index in [2.05, 4.69) is 10.2 Å². The van der Waals surface area contributed by atoms with E-state index < -0.39 is 0 Å². The van der Waals surface area contributed by atoms with Gasteiger partial charge in [0.15, 0.2) is 0 Å². The van der Waals surface area contributed by atoms with Crippen LogP contribution in [0.4, 0.5) is 5.69 Å². The fourth-order valence-electron chi connectivity index (χ4n) is 2.69. The van der Waals surface area contributed by atoms with Crippen LogP contribution in [0.25, 0.3) is 0 Å². The quantitative estimate of drug-likeness (QED) is 0.686. The van der Waals surface area contributed by atoms with Crippen molar-refractivity contribution in [2.45, 2.75) is 39.5 Å². The largest absolute Gasteiger partial charge is 0.376 e. The van der Waals surface area contributed by atoms with Crippen LogP contribution in [-0.4, -0.2) is 23.9 Å². The van der Waals surface area contributed by atoms with Gasteiger partial charge in [-0.2, -0.15) is 5.26 Å². The number of carbonyl (C=O) groups is 1. The molecular weight excluding hydrogens is 274 g/mol. The standard InChI is InChI=1S/C18H23N3O/c1-14-7-8-17(15(2)11-14)20-18(22)16(12-19)13-21-9-5-3-4-6-10-21/h7-8,11,13H,3-6,9-10H2,1-2H3,(H,20,22)/b16-13-. The lowest BCUT2D eigenvalue weighted by atomic mass is 10.1. The van der Waals surface area contributed by atoms with Crippen molar-refractivity contribution in [2.24, 2.45) is 0 Å². The molecule has 0 saturated carbocycles. The van der Waals surface area contributed by atoms with Gasteiger partial charge in [-0.25, -0.2) is 0 Å². The van der Waals surface area contributed by atoms with Gasteiger partial charge in [0.25, 0.3) is 5.91 Å². The minimum Gasteiger partial charge on any atom is -0.376 e. The first-order chi connectivity index (χ1) is 10.6. The van der Waals surface area contributed by atoms with Crippen LogP contribution in [0, 0.1) is 25.2 Å². The number of likely N-dealkylation sites (tertiary alicyclic amines) is 1. The molecule has 1 aliphatic heterocycles. The first kappa shape index (κ1) is 16.1. The molecule has 1 heterocycles. The molecule has 0 bridgehead atoms. The van der Waals surface area contributed by atoms with E-state index in [4.69, 9.17) is 0 Å². The smallest absolute Gasteiger partial charge is 0.267 e. The molecule has 1 aromatic carbocycles. The highest BCUT2D eigenvalue weighted by atomic mass is 16.1. The van der Waals surface area contributed by atoms with Crippen molar-refractivity contribution in [1.82, 2.24) is 4.90 Å². The summed E-state index contributed by atoms with van der Waals surface area (Å²) in [6.45, 7) is 5.80. The first-order valence-electron chi connectivity index (χ1n) is 7.85. The van der Waals surface area contributed by atoms with Crippen LogP contribution in [-0.2, 0) is 4.79 Å². The van der Waals surface area contributed by atoms with Gasteiger partial charge in [-0.3, -0.25) is 4.79 Å². The highest BCUT2D eigenvalue weighted by Gasteiger charge is 2.13. The third kappa shape index (κ3) is 4.36. The molecule has 1 fully saturated rings. The van der Waals surface area contributed by atoms with Gasteiger partial charge in [-0.15, -0.1) is 0 Å². The Morgan fingerprint density at radius 2 is 1.91 bits per heavy atom. The van der Waals surface area contributed by atoms with Crippen molar-refractivity contribution in [3.8, 4) is 6.07 Å². The van der Waals surface area contributed by atoms with Crippen LogP contribution in [0.15, 0.2) is 30.0 Å². The maximum Gasteiger partial charge on any atom is 0.267 e. The molecule has 1 aromatic rings. The molecule has 0 unspecified atom stereocenters. The second-order valence-electron chi connectivity index (χ2n) is 5.88. The van der Waals surface area contributed by atoms with E-state index in [1.165, 1.54) is 12.8 Å². The Morgan fingerprint density at radius 1 is 1.23 bits per heavy atom. The van der Waals surface area contributed by atoms with Crippen molar-refractivity contribution in [2.75, 3.05) is 18.4 Å². The molecule has 116 valence electrons. The zero-order chi connectivity index (χ0) is 15.9. The average molecular weight is 297 g/mol. The first-order valence-corrected chi connectivity index (χ1v) is 7.85. The van der Waals surface area contributed by atoms with Gasteiger partial charge in [0.05, 0.1) is 0 Å². The molecule has 1 N–H and O–H groups in total. The Kier molecular flexibility index (Phi) is 5.60. The van der Waals surface area contributed by atoms with E-state index in [-0.39, 0.29) is 11.5 Å². The number of amides is 1. The van der Waals surface area contributed by atoms with Crippen molar-refractivity contribution in [3.05, 3.63) is 41.1 Å². The fraction of sp³-hybridized carbons (Fsp3) is 0.444. The molecule has 1 amide bonds. The van der Waals surface area contributed by atoms with Crippen LogP contribution < -0.4 is 5.32 Å². The lowest BCUT2D eigenvalue weighted by Gasteiger charge is -2.18. The fourth-order valence-corrected chi connectivity index (χ4v) is 2.69. The van der Waals surface area contributed by atoms with Crippen LogP contribution in [0.3, 0.4) is 0 Å². The molecule has 0 spiro atoms. The lowest BCUT2D eigenvalue weighted by Crippen LogP contribution is -2.22. The minimum absolute atomic E-state index is 0.168. The Morgan fingerprint density at radius 3 is 2.50 bits per heavy atom. The Balaban J connectivity index is 2.09. The predicted molar refractivity (Wildman–Crippen MR) is 88.3 cm³/mol. The monoisotopic (exact) mass is 297 g/mol. The maximum absolute atomic E-state index is 12.3. The summed E-state index contributed by atoms with van der Waals surface area (Å²) in [6.07, 6.45) is 6.40. The Bertz CT molecular complexity index is 605. The Hall–Kier alpha value is -2.28. The zero-order valence-corrected chi connectivity index (χ0v) is 13.4. The van der Waals surface area contributed by atoms with E-state index in [0.717, 1.165) is 42.7 Å². The molecule has 0 aliphatic carbocycles. The summed E-state index contributed by atoms with van der Waals surface area (Å²) >= 11 is 0. The lowest BCUT2D eigenvalue weighted by molar-refractivity contribution is -0.112. The number of nitriles is 1. The van der Waals surface area contributed by atoms with Crippen molar-refractivity contribution in [1.29, 1.82) is 5.26 Å². The number of anilines is 1. The molecule has 2 rings (SSSR count). The van der Waals surface area contributed by atoms with E-state index in [0.29, 0.717) is 0 Å². The third-order valence-corrected chi connectivity index (χ3v) is 3.95. The molecule has 4 nitrogen and oxygen atoms in total. The van der Waals surface area contributed by atoms with Crippen LogP contribution >= 0.6 is 0 Å². The number of aryl methyl sites for hydroxylation is 2. The summed E-state index contributed by atoms with van der Waals surface area (Å²) in [5.74, 6) is -0.335. The summed E-state index contributed by atoms with van der Waals surface area (Å²) in [7, 11) is 0. The highest BCUT2D eigenvalue weighted by molar-refractivity contribution is 6.06. The summed E-state index contributed by atoms with van der Waals surface area (Å²) in [4.78, 5) is 14.4. The maximum atomic E-state index is 12.3. The van der Waals surface area contributed by atoms with Crippen molar-refractivity contribution in [3.63, 3.8) is 0 Å². The number of nitrogens with zero attached hydrogens (tertiary/aromatic N) is 2. The normalized spacial score (nSPS) is 15.9. The molecule has 0 radical (unpaired) electrons. The van der Waals surface area contributed by atoms with E-state index in [1.807, 2.05) is 38.1 Å². The molecule has 22 heavy (non-hydrogen) atoms. The molecular formula is C18H23N3O. The summed E-state index contributed by atoms with van der Waals surface area (Å²) in [6, 6.07) is 7.87. The minimum atomic E-state index is -0.335. The predicted octanol–water partition coefficient (Wildman–Crippen LogP) is 3.53. The average Bonchev–Trinajstić information content (AvgIpc) is 2.76. The number of nitrogens with one attached hydrogen (secondary N) is 1. The van der Waals surface area contributed by atoms with Gasteiger partial charge in [0.1, 0.15) is 11.6 Å². The third-order valence-electron chi connectivity index (χ3n) is 3.95. The van der Waals surface area contributed by atoms with E-state index in [1.54, 1.807) is 6.20 Å². The van der Waals surface area contributed by atoms with Crippen LogP contribution in [0.5, 0.6) is 0 Å². The topological polar surface area (TPSA) is 56.1 Å². The second-order valence-corrected chi connectivity index (χ2v) is 5.88. The van der Waals surface area contributed by atoms with E-state index in [9.17, 15) is 10.1 Å². The number of benzene rings is 1. The van der Waals surface area contributed by atoms with Crippen molar-refractivity contribution < 1.29 is 4.79 Å². The molecule has 1 aliphatic rings. The van der Waals surface area contributed by atoms with Crippen LogP contribution in [0.1, 0.15) is 36.8 Å². The second kappa shape index (κ2) is 7.65. The zero-order valence-electron chi connectivity index (χ0n) is 13.4. The van der Waals surface area contributed by atoms with Crippen LogP contribution in [0.2, 0.25) is 0 Å². The number of carbonyl (C=O) groups excluding carboxylic acids is 1. The number of hydrogen-bond acceptors (Lipinski definition) is 3. The SMILES string of the molecule is Cc1ccc(NC(=O)/C(C#N)=C\N2CCCCCC2)c(C)c1. The van der Waals surface area contributed by atoms with Gasteiger partial charge in [-0.1, -0.05) is 30.5 Å². The molecule has 0 atom stereocenters.